The fraction of sp³-hybridized carbons (Fsp3) is 0.258. The first-order chi connectivity index (χ1) is 22.8. The van der Waals surface area contributed by atoms with Crippen LogP contribution in [0.4, 0.5) is 18.9 Å². The number of hydrogen-bond acceptors (Lipinski definition) is 10. The molecule has 0 aromatic heterocycles. The lowest BCUT2D eigenvalue weighted by molar-refractivity contribution is -0.384. The van der Waals surface area contributed by atoms with Crippen LogP contribution in [0.3, 0.4) is 0 Å². The predicted molar refractivity (Wildman–Crippen MR) is 162 cm³/mol. The minimum Gasteiger partial charge on any atom is -0.478 e. The van der Waals surface area contributed by atoms with Gasteiger partial charge in [-0.1, -0.05) is 35.4 Å². The zero-order valence-corrected chi connectivity index (χ0v) is 26.3. The second-order valence-electron chi connectivity index (χ2n) is 10.5. The summed E-state index contributed by atoms with van der Waals surface area (Å²) in [5.74, 6) is -8.03. The molecule has 49 heavy (non-hydrogen) atoms. The maximum atomic E-state index is 12.6. The van der Waals surface area contributed by atoms with Crippen molar-refractivity contribution in [1.82, 2.24) is 0 Å². The summed E-state index contributed by atoms with van der Waals surface area (Å²) in [6.07, 6.45) is -8.85. The fourth-order valence-electron chi connectivity index (χ4n) is 3.87. The number of nitro groups is 1. The molecule has 0 saturated heterocycles. The first-order valence-corrected chi connectivity index (χ1v) is 15.5. The van der Waals surface area contributed by atoms with E-state index in [1.54, 1.807) is 38.1 Å². The van der Waals surface area contributed by atoms with Crippen LogP contribution in [0.2, 0.25) is 0 Å². The molecule has 3 atom stereocenters. The largest absolute Gasteiger partial charge is 0.478 e. The highest BCUT2D eigenvalue weighted by molar-refractivity contribution is 7.94. The number of carbonyl (C=O) groups excluding carboxylic acids is 3. The molecule has 14 nitrogen and oxygen atoms in total. The van der Waals surface area contributed by atoms with Gasteiger partial charge in [0, 0.05) is 22.3 Å². The molecule has 1 amide bonds. The van der Waals surface area contributed by atoms with Gasteiger partial charge in [-0.05, 0) is 63.1 Å². The molecule has 3 aromatic rings. The van der Waals surface area contributed by atoms with Crippen molar-refractivity contribution >= 4 is 45.2 Å². The van der Waals surface area contributed by atoms with E-state index >= 15 is 0 Å². The lowest BCUT2D eigenvalue weighted by atomic mass is 10.1. The molecule has 18 heteroatoms. The second kappa shape index (κ2) is 15.5. The summed E-state index contributed by atoms with van der Waals surface area (Å²) < 4.78 is 62.0. The van der Waals surface area contributed by atoms with Crippen molar-refractivity contribution in [1.29, 1.82) is 0 Å². The molecular formula is C31H27F3N2O12S. The standard InChI is InChI=1S/C20H18O8.C11H9F3N2O4S/c1-11-3-7-13(8-4-11)19(25)27-15(17(21)22)16(18(23)24)28-20(26)14-9-5-12(2)6-10-14;12-11(13,14)10(17)15-21(20,9-5-6-9)8-3-1-7(2-4-8)16(18)19/h3-10,15-16H,1-2H3,(H,21,22)(H,23,24);1-4,9H,5-6H2/t15-,16-;21-/m00/s1. The van der Waals surface area contributed by atoms with Gasteiger partial charge in [0.25, 0.3) is 5.69 Å². The zero-order chi connectivity index (χ0) is 36.7. The van der Waals surface area contributed by atoms with Gasteiger partial charge in [-0.25, -0.2) is 23.4 Å². The summed E-state index contributed by atoms with van der Waals surface area (Å²) in [6, 6.07) is 16.3. The SMILES string of the molecule is Cc1ccc(C(=O)O[C@H](C(=O)O)[C@H](OC(=O)c2ccc(C)cc2)C(=O)O)cc1.O=C(N=[S@](=O)(c1ccc([N+](=O)[O-])cc1)C1CC1)C(F)(F)F. The van der Waals surface area contributed by atoms with Crippen molar-refractivity contribution in [3.63, 3.8) is 0 Å². The maximum Gasteiger partial charge on any atom is 0.474 e. The van der Waals surface area contributed by atoms with Gasteiger partial charge in [0.2, 0.25) is 12.2 Å². The summed E-state index contributed by atoms with van der Waals surface area (Å²) >= 11 is 0. The highest BCUT2D eigenvalue weighted by atomic mass is 32.2. The number of aryl methyl sites for hydroxylation is 2. The van der Waals surface area contributed by atoms with Crippen LogP contribution in [-0.4, -0.2) is 72.8 Å². The highest BCUT2D eigenvalue weighted by Gasteiger charge is 2.43. The normalized spacial score (nSPS) is 14.8. The number of amides is 1. The Morgan fingerprint density at radius 3 is 1.49 bits per heavy atom. The summed E-state index contributed by atoms with van der Waals surface area (Å²) in [6.45, 7) is 3.58. The predicted octanol–water partition coefficient (Wildman–Crippen LogP) is 4.90. The Morgan fingerprint density at radius 2 is 1.18 bits per heavy atom. The quantitative estimate of drug-likeness (QED) is 0.163. The van der Waals surface area contributed by atoms with Crippen molar-refractivity contribution in [3.8, 4) is 0 Å². The number of benzene rings is 3. The summed E-state index contributed by atoms with van der Waals surface area (Å²) in [5, 5.41) is 28.5. The van der Waals surface area contributed by atoms with E-state index in [1.807, 2.05) is 0 Å². The first-order valence-electron chi connectivity index (χ1n) is 14.0. The minimum atomic E-state index is -5.20. The number of alkyl halides is 3. The lowest BCUT2D eigenvalue weighted by Gasteiger charge is -2.21. The summed E-state index contributed by atoms with van der Waals surface area (Å²) in [5.41, 5.74) is 1.50. The van der Waals surface area contributed by atoms with E-state index in [0.717, 1.165) is 35.4 Å². The highest BCUT2D eigenvalue weighted by Crippen LogP contribution is 2.37. The van der Waals surface area contributed by atoms with Crippen LogP contribution in [-0.2, 0) is 33.6 Å². The number of nitro benzene ring substituents is 1. The van der Waals surface area contributed by atoms with Gasteiger partial charge >= 0.3 is 36.0 Å². The molecule has 2 N–H and O–H groups in total. The number of esters is 2. The number of halogens is 3. The van der Waals surface area contributed by atoms with Crippen molar-refractivity contribution in [2.45, 2.75) is 55.2 Å². The number of carboxylic acids is 2. The summed E-state index contributed by atoms with van der Waals surface area (Å²) in [7, 11) is -3.57. The van der Waals surface area contributed by atoms with Crippen molar-refractivity contribution in [2.75, 3.05) is 0 Å². The average Bonchev–Trinajstić information content (AvgIpc) is 3.89. The minimum absolute atomic E-state index is 0.0332. The molecule has 0 aliphatic heterocycles. The van der Waals surface area contributed by atoms with Gasteiger partial charge in [0.1, 0.15) is 0 Å². The Morgan fingerprint density at radius 1 is 0.796 bits per heavy atom. The molecule has 0 bridgehead atoms. The molecule has 4 rings (SSSR count). The summed E-state index contributed by atoms with van der Waals surface area (Å²) in [4.78, 5) is 68.0. The van der Waals surface area contributed by atoms with Crippen LogP contribution in [0, 0.1) is 24.0 Å². The molecule has 0 spiro atoms. The molecule has 3 aromatic carbocycles. The average molecular weight is 709 g/mol. The monoisotopic (exact) mass is 708 g/mol. The van der Waals surface area contributed by atoms with Crippen LogP contribution >= 0.6 is 0 Å². The Balaban J connectivity index is 0.000000276. The molecule has 1 aliphatic carbocycles. The number of carbonyl (C=O) groups is 5. The molecule has 0 radical (unpaired) electrons. The van der Waals surface area contributed by atoms with E-state index in [1.165, 1.54) is 24.3 Å². The van der Waals surface area contributed by atoms with Gasteiger partial charge in [-0.3, -0.25) is 14.9 Å². The van der Waals surface area contributed by atoms with E-state index in [9.17, 15) is 61.7 Å². The molecule has 0 heterocycles. The maximum absolute atomic E-state index is 12.6. The van der Waals surface area contributed by atoms with Crippen LogP contribution in [0.1, 0.15) is 44.7 Å². The van der Waals surface area contributed by atoms with E-state index in [2.05, 4.69) is 4.36 Å². The molecule has 260 valence electrons. The molecule has 1 saturated carbocycles. The number of aliphatic carboxylic acids is 2. The van der Waals surface area contributed by atoms with Crippen LogP contribution in [0.25, 0.3) is 0 Å². The van der Waals surface area contributed by atoms with E-state index < -0.39 is 68.1 Å². The van der Waals surface area contributed by atoms with E-state index in [4.69, 9.17) is 9.47 Å². The number of ether oxygens (including phenoxy) is 2. The number of hydrogen-bond donors (Lipinski definition) is 2. The molecular weight excluding hydrogens is 681 g/mol. The zero-order valence-electron chi connectivity index (χ0n) is 25.5. The van der Waals surface area contributed by atoms with Gasteiger partial charge < -0.3 is 19.7 Å². The number of non-ortho nitro benzene ring substituents is 1. The Hall–Kier alpha value is -5.65. The van der Waals surface area contributed by atoms with Crippen LogP contribution in [0.15, 0.2) is 82.1 Å². The first kappa shape index (κ1) is 37.8. The third-order valence-corrected chi connectivity index (χ3v) is 9.39. The van der Waals surface area contributed by atoms with Gasteiger partial charge in [-0.15, -0.1) is 4.36 Å². The number of nitrogens with zero attached hydrogens (tertiary/aromatic N) is 2. The topological polar surface area (TPSA) is 217 Å². The van der Waals surface area contributed by atoms with Gasteiger partial charge in [0.05, 0.1) is 25.8 Å². The van der Waals surface area contributed by atoms with Crippen LogP contribution in [0.5, 0.6) is 0 Å². The lowest BCUT2D eigenvalue weighted by Crippen LogP contribution is -2.45. The number of carboxylic acid groups (broad SMARTS) is 2. The fourth-order valence-corrected chi connectivity index (χ4v) is 6.16. The number of rotatable bonds is 10. The Kier molecular flexibility index (Phi) is 12.0. The third kappa shape index (κ3) is 10.2. The van der Waals surface area contributed by atoms with E-state index in [0.29, 0.717) is 12.8 Å². The smallest absolute Gasteiger partial charge is 0.474 e. The van der Waals surface area contributed by atoms with Gasteiger partial charge in [0.15, 0.2) is 0 Å². The van der Waals surface area contributed by atoms with E-state index in [-0.39, 0.29) is 21.7 Å². The second-order valence-corrected chi connectivity index (χ2v) is 12.9. The third-order valence-electron chi connectivity index (χ3n) is 6.63. The van der Waals surface area contributed by atoms with Crippen LogP contribution < -0.4 is 0 Å². The molecule has 0 unspecified atom stereocenters. The van der Waals surface area contributed by atoms with Crippen molar-refractivity contribution < 1.29 is 66.0 Å². The molecule has 1 aliphatic rings. The Bertz CT molecular complexity index is 1790. The van der Waals surface area contributed by atoms with Crippen molar-refractivity contribution in [3.05, 3.63) is 105 Å². The van der Waals surface area contributed by atoms with Gasteiger partial charge in [-0.2, -0.15) is 13.2 Å². The Labute approximate surface area is 275 Å². The van der Waals surface area contributed by atoms with Crippen molar-refractivity contribution in [2.24, 2.45) is 4.36 Å². The molecule has 1 fully saturated rings.